The number of methoxy groups -OCH3 is 1. The first-order chi connectivity index (χ1) is 7.77. The summed E-state index contributed by atoms with van der Waals surface area (Å²) < 4.78 is 4.67. The molecule has 1 amide bonds. The van der Waals surface area contributed by atoms with Crippen LogP contribution in [0, 0.1) is 11.3 Å². The lowest BCUT2D eigenvalue weighted by atomic mass is 9.94. The molecule has 0 aliphatic carbocycles. The maximum atomic E-state index is 11.5. The molecule has 0 saturated carbocycles. The van der Waals surface area contributed by atoms with Gasteiger partial charge in [-0.15, -0.1) is 0 Å². The second kappa shape index (κ2) is 4.23. The van der Waals surface area contributed by atoms with Gasteiger partial charge in [0.1, 0.15) is 6.04 Å². The van der Waals surface area contributed by atoms with Crippen molar-refractivity contribution in [1.82, 2.24) is 4.90 Å². The number of hydrogen-bond donors (Lipinski definition) is 0. The fraction of sp³-hybridized carbons (Fsp3) is 0.333. The number of rotatable bonds is 0. The van der Waals surface area contributed by atoms with E-state index in [4.69, 9.17) is 5.26 Å². The van der Waals surface area contributed by atoms with Crippen LogP contribution in [0.15, 0.2) is 24.3 Å². The van der Waals surface area contributed by atoms with Crippen LogP contribution < -0.4 is 0 Å². The Morgan fingerprint density at radius 2 is 2.31 bits per heavy atom. The van der Waals surface area contributed by atoms with Gasteiger partial charge in [-0.3, -0.25) is 4.90 Å². The first-order valence-electron chi connectivity index (χ1n) is 5.10. The summed E-state index contributed by atoms with van der Waals surface area (Å²) in [6, 6.07) is 9.33. The third-order valence-electron chi connectivity index (χ3n) is 2.81. The number of carbonyl (C=O) groups excluding carboxylic acids is 1. The van der Waals surface area contributed by atoms with Crippen LogP contribution in [-0.4, -0.2) is 24.6 Å². The van der Waals surface area contributed by atoms with Gasteiger partial charge in [-0.1, -0.05) is 24.3 Å². The summed E-state index contributed by atoms with van der Waals surface area (Å²) in [5, 5.41) is 9.15. The molecule has 1 atom stereocenters. The molecule has 1 heterocycles. The standard InChI is InChI=1S/C12H12N2O2/c1-16-12(15)14-7-6-9-4-2-3-5-10(9)11(14)8-13/h2-5,11H,6-7H2,1H3/t11-/m1/s1. The molecule has 0 unspecified atom stereocenters. The molecule has 1 aromatic carbocycles. The highest BCUT2D eigenvalue weighted by molar-refractivity contribution is 5.69. The van der Waals surface area contributed by atoms with Gasteiger partial charge < -0.3 is 4.74 Å². The van der Waals surface area contributed by atoms with Crippen molar-refractivity contribution in [2.75, 3.05) is 13.7 Å². The van der Waals surface area contributed by atoms with Gasteiger partial charge in [0.05, 0.1) is 13.2 Å². The van der Waals surface area contributed by atoms with Gasteiger partial charge in [-0.2, -0.15) is 5.26 Å². The SMILES string of the molecule is COC(=O)N1CCc2ccccc2[C@H]1C#N. The third kappa shape index (κ3) is 1.61. The zero-order valence-electron chi connectivity index (χ0n) is 9.01. The zero-order chi connectivity index (χ0) is 11.5. The highest BCUT2D eigenvalue weighted by atomic mass is 16.5. The highest BCUT2D eigenvalue weighted by Gasteiger charge is 2.30. The second-order valence-electron chi connectivity index (χ2n) is 3.64. The predicted octanol–water partition coefficient (Wildman–Crippen LogP) is 1.88. The topological polar surface area (TPSA) is 53.3 Å². The molecule has 4 nitrogen and oxygen atoms in total. The minimum atomic E-state index is -0.530. The lowest BCUT2D eigenvalue weighted by Gasteiger charge is -2.31. The largest absolute Gasteiger partial charge is 0.453 e. The van der Waals surface area contributed by atoms with Crippen molar-refractivity contribution >= 4 is 6.09 Å². The van der Waals surface area contributed by atoms with E-state index in [2.05, 4.69) is 10.8 Å². The summed E-state index contributed by atoms with van der Waals surface area (Å²) in [6.07, 6.45) is 0.324. The first-order valence-corrected chi connectivity index (χ1v) is 5.10. The quantitative estimate of drug-likeness (QED) is 0.665. The minimum Gasteiger partial charge on any atom is -0.453 e. The first kappa shape index (κ1) is 10.5. The average molecular weight is 216 g/mol. The summed E-state index contributed by atoms with van der Waals surface area (Å²) in [7, 11) is 1.33. The van der Waals surface area contributed by atoms with E-state index < -0.39 is 12.1 Å². The number of amides is 1. The van der Waals surface area contributed by atoms with E-state index >= 15 is 0 Å². The van der Waals surface area contributed by atoms with Crippen molar-refractivity contribution < 1.29 is 9.53 Å². The van der Waals surface area contributed by atoms with Gasteiger partial charge in [0, 0.05) is 6.54 Å². The summed E-state index contributed by atoms with van der Waals surface area (Å²) in [4.78, 5) is 13.0. The van der Waals surface area contributed by atoms with Gasteiger partial charge in [-0.05, 0) is 17.5 Å². The van der Waals surface area contributed by atoms with Crippen LogP contribution in [-0.2, 0) is 11.2 Å². The number of ether oxygens (including phenoxy) is 1. The fourth-order valence-corrected chi connectivity index (χ4v) is 2.02. The molecule has 0 fully saturated rings. The summed E-state index contributed by atoms with van der Waals surface area (Å²) in [5.41, 5.74) is 2.04. The van der Waals surface area contributed by atoms with Crippen LogP contribution in [0.25, 0.3) is 0 Å². The van der Waals surface area contributed by atoms with Gasteiger partial charge in [0.15, 0.2) is 0 Å². The molecular formula is C12H12N2O2. The van der Waals surface area contributed by atoms with Crippen LogP contribution >= 0.6 is 0 Å². The number of nitrogens with zero attached hydrogens (tertiary/aromatic N) is 2. The average Bonchev–Trinajstić information content (AvgIpc) is 2.36. The van der Waals surface area contributed by atoms with Crippen LogP contribution in [0.4, 0.5) is 4.79 Å². The lowest BCUT2D eigenvalue weighted by molar-refractivity contribution is 0.111. The van der Waals surface area contributed by atoms with Crippen molar-refractivity contribution in [3.05, 3.63) is 35.4 Å². The molecule has 0 radical (unpaired) electrons. The maximum absolute atomic E-state index is 11.5. The fourth-order valence-electron chi connectivity index (χ4n) is 2.02. The molecule has 0 saturated heterocycles. The monoisotopic (exact) mass is 216 g/mol. The number of nitriles is 1. The Balaban J connectivity index is 2.38. The number of benzene rings is 1. The van der Waals surface area contributed by atoms with Gasteiger partial charge in [-0.25, -0.2) is 4.79 Å². The summed E-state index contributed by atoms with van der Waals surface area (Å²) in [6.45, 7) is 0.530. The van der Waals surface area contributed by atoms with Crippen LogP contribution in [0.5, 0.6) is 0 Å². The Labute approximate surface area is 94.0 Å². The van der Waals surface area contributed by atoms with Gasteiger partial charge in [0.25, 0.3) is 0 Å². The van der Waals surface area contributed by atoms with Crippen molar-refractivity contribution in [3.8, 4) is 6.07 Å². The lowest BCUT2D eigenvalue weighted by Crippen LogP contribution is -2.39. The predicted molar refractivity (Wildman–Crippen MR) is 57.6 cm³/mol. The summed E-state index contributed by atoms with van der Waals surface area (Å²) in [5.74, 6) is 0. The molecular weight excluding hydrogens is 204 g/mol. The number of carbonyl (C=O) groups is 1. The number of fused-ring (bicyclic) bond motifs is 1. The Kier molecular flexibility index (Phi) is 2.78. The van der Waals surface area contributed by atoms with E-state index in [0.29, 0.717) is 6.54 Å². The van der Waals surface area contributed by atoms with Gasteiger partial charge in [0.2, 0.25) is 0 Å². The highest BCUT2D eigenvalue weighted by Crippen LogP contribution is 2.29. The summed E-state index contributed by atoms with van der Waals surface area (Å²) >= 11 is 0. The van der Waals surface area contributed by atoms with Crippen LogP contribution in [0.1, 0.15) is 17.2 Å². The molecule has 2 rings (SSSR count). The minimum absolute atomic E-state index is 0.443. The van der Waals surface area contributed by atoms with E-state index in [1.165, 1.54) is 12.0 Å². The Hall–Kier alpha value is -2.02. The molecule has 1 aliphatic rings. The molecule has 1 aliphatic heterocycles. The molecule has 0 spiro atoms. The van der Waals surface area contributed by atoms with E-state index in [0.717, 1.165) is 17.5 Å². The Morgan fingerprint density at radius 3 is 3.00 bits per heavy atom. The Morgan fingerprint density at radius 1 is 1.56 bits per heavy atom. The van der Waals surface area contributed by atoms with Crippen molar-refractivity contribution in [1.29, 1.82) is 5.26 Å². The molecule has 82 valence electrons. The normalized spacial score (nSPS) is 18.5. The number of hydrogen-bond acceptors (Lipinski definition) is 3. The van der Waals surface area contributed by atoms with E-state index in [1.807, 2.05) is 24.3 Å². The zero-order valence-corrected chi connectivity index (χ0v) is 9.01. The van der Waals surface area contributed by atoms with E-state index in [-0.39, 0.29) is 0 Å². The van der Waals surface area contributed by atoms with Crippen molar-refractivity contribution in [3.63, 3.8) is 0 Å². The van der Waals surface area contributed by atoms with Crippen LogP contribution in [0.2, 0.25) is 0 Å². The molecule has 0 bridgehead atoms. The van der Waals surface area contributed by atoms with Crippen molar-refractivity contribution in [2.45, 2.75) is 12.5 Å². The molecule has 1 aromatic rings. The second-order valence-corrected chi connectivity index (χ2v) is 3.64. The third-order valence-corrected chi connectivity index (χ3v) is 2.81. The Bertz CT molecular complexity index is 451. The molecule has 16 heavy (non-hydrogen) atoms. The van der Waals surface area contributed by atoms with Gasteiger partial charge >= 0.3 is 6.09 Å². The van der Waals surface area contributed by atoms with E-state index in [9.17, 15) is 4.79 Å². The van der Waals surface area contributed by atoms with E-state index in [1.54, 1.807) is 0 Å². The maximum Gasteiger partial charge on any atom is 0.410 e. The molecule has 0 aromatic heterocycles. The smallest absolute Gasteiger partial charge is 0.410 e. The molecule has 0 N–H and O–H groups in total. The van der Waals surface area contributed by atoms with Crippen LogP contribution in [0.3, 0.4) is 0 Å². The van der Waals surface area contributed by atoms with Crippen molar-refractivity contribution in [2.24, 2.45) is 0 Å². The molecule has 4 heteroatoms.